The van der Waals surface area contributed by atoms with Crippen LogP contribution in [0.25, 0.3) is 0 Å². The Bertz CT molecular complexity index is 1690. The summed E-state index contributed by atoms with van der Waals surface area (Å²) in [6.45, 7) is 1.59. The Balaban J connectivity index is 1.56. The maximum Gasteiger partial charge on any atom is 0.264 e. The largest absolute Gasteiger partial charge is 0.352 e. The van der Waals surface area contributed by atoms with Crippen LogP contribution in [0.1, 0.15) is 42.4 Å². The van der Waals surface area contributed by atoms with Crippen molar-refractivity contribution in [2.45, 2.75) is 62.6 Å². The second kappa shape index (κ2) is 14.8. The number of nitrogens with zero attached hydrogens (tertiary/aromatic N) is 2. The van der Waals surface area contributed by atoms with Crippen LogP contribution in [0.2, 0.25) is 5.02 Å². The molecule has 4 aromatic carbocycles. The van der Waals surface area contributed by atoms with E-state index in [1.807, 2.05) is 61.5 Å². The van der Waals surface area contributed by atoms with Crippen molar-refractivity contribution in [3.63, 3.8) is 0 Å². The molecular weight excluding hydrogens is 606 g/mol. The van der Waals surface area contributed by atoms with Crippen LogP contribution in [0.5, 0.6) is 0 Å². The van der Waals surface area contributed by atoms with Crippen molar-refractivity contribution in [1.29, 1.82) is 0 Å². The van der Waals surface area contributed by atoms with Crippen LogP contribution in [0.15, 0.2) is 114 Å². The van der Waals surface area contributed by atoms with Gasteiger partial charge in [0, 0.05) is 24.0 Å². The Morgan fingerprint density at radius 3 is 2.13 bits per heavy atom. The number of rotatable bonds is 12. The molecule has 234 valence electrons. The van der Waals surface area contributed by atoms with E-state index in [0.29, 0.717) is 5.02 Å². The third kappa shape index (κ3) is 8.32. The van der Waals surface area contributed by atoms with E-state index >= 15 is 0 Å². The number of aryl methyl sites for hydroxylation is 1. The van der Waals surface area contributed by atoms with E-state index in [4.69, 9.17) is 11.6 Å². The molecule has 0 aliphatic heterocycles. The number of halogens is 1. The van der Waals surface area contributed by atoms with Gasteiger partial charge in [-0.25, -0.2) is 8.42 Å². The van der Waals surface area contributed by atoms with Gasteiger partial charge in [0.2, 0.25) is 11.8 Å². The van der Waals surface area contributed by atoms with Crippen molar-refractivity contribution in [1.82, 2.24) is 10.2 Å². The van der Waals surface area contributed by atoms with Gasteiger partial charge in [-0.2, -0.15) is 0 Å². The predicted molar refractivity (Wildman–Crippen MR) is 178 cm³/mol. The van der Waals surface area contributed by atoms with Crippen LogP contribution >= 0.6 is 11.6 Å². The molecule has 1 fully saturated rings. The number of nitrogens with one attached hydrogen (secondary N) is 1. The zero-order chi connectivity index (χ0) is 31.8. The van der Waals surface area contributed by atoms with Crippen LogP contribution in [-0.4, -0.2) is 43.8 Å². The molecule has 1 N–H and O–H groups in total. The number of hydrogen-bond acceptors (Lipinski definition) is 4. The first kappa shape index (κ1) is 32.3. The Kier molecular flexibility index (Phi) is 10.6. The van der Waals surface area contributed by atoms with E-state index in [0.717, 1.165) is 46.7 Å². The highest BCUT2D eigenvalue weighted by molar-refractivity contribution is 7.92. The van der Waals surface area contributed by atoms with E-state index in [1.54, 1.807) is 36.4 Å². The van der Waals surface area contributed by atoms with Crippen LogP contribution in [0, 0.1) is 6.92 Å². The third-order valence-corrected chi connectivity index (χ3v) is 10.2. The van der Waals surface area contributed by atoms with Gasteiger partial charge in [0.25, 0.3) is 10.0 Å². The van der Waals surface area contributed by atoms with Crippen LogP contribution in [0.3, 0.4) is 0 Å². The minimum absolute atomic E-state index is 0.0441. The minimum atomic E-state index is -4.17. The Morgan fingerprint density at radius 1 is 0.844 bits per heavy atom. The number of carbonyl (C=O) groups excluding carboxylic acids is 2. The fourth-order valence-corrected chi connectivity index (χ4v) is 7.30. The van der Waals surface area contributed by atoms with Gasteiger partial charge >= 0.3 is 0 Å². The molecule has 45 heavy (non-hydrogen) atoms. The Morgan fingerprint density at radius 2 is 1.49 bits per heavy atom. The second-order valence-electron chi connectivity index (χ2n) is 11.5. The fraction of sp³-hybridized carbons (Fsp3) is 0.278. The molecule has 1 atom stereocenters. The lowest BCUT2D eigenvalue weighted by molar-refractivity contribution is -0.140. The number of carbonyl (C=O) groups is 2. The summed E-state index contributed by atoms with van der Waals surface area (Å²) in [5, 5.41) is 3.53. The van der Waals surface area contributed by atoms with Crippen molar-refractivity contribution in [2.24, 2.45) is 0 Å². The van der Waals surface area contributed by atoms with Crippen LogP contribution < -0.4 is 9.62 Å². The molecule has 0 saturated heterocycles. The lowest BCUT2D eigenvalue weighted by Crippen LogP contribution is -2.54. The van der Waals surface area contributed by atoms with Crippen molar-refractivity contribution in [3.8, 4) is 0 Å². The maximum absolute atomic E-state index is 14.5. The van der Waals surface area contributed by atoms with Gasteiger partial charge < -0.3 is 10.2 Å². The van der Waals surface area contributed by atoms with Gasteiger partial charge in [-0.05, 0) is 61.2 Å². The highest BCUT2D eigenvalue weighted by Gasteiger charge is 2.35. The number of amides is 2. The molecule has 2 amide bonds. The molecule has 4 aromatic rings. The summed E-state index contributed by atoms with van der Waals surface area (Å²) in [6, 6.07) is 31.0. The fourth-order valence-electron chi connectivity index (χ4n) is 5.69. The van der Waals surface area contributed by atoms with Gasteiger partial charge in [0.1, 0.15) is 12.6 Å². The van der Waals surface area contributed by atoms with E-state index in [-0.39, 0.29) is 35.5 Å². The van der Waals surface area contributed by atoms with Crippen LogP contribution in [-0.2, 0) is 32.6 Å². The molecule has 5 rings (SSSR count). The van der Waals surface area contributed by atoms with E-state index in [2.05, 4.69) is 5.32 Å². The van der Waals surface area contributed by atoms with E-state index in [9.17, 15) is 18.0 Å². The molecule has 1 aliphatic rings. The number of hydrogen-bond donors (Lipinski definition) is 1. The summed E-state index contributed by atoms with van der Waals surface area (Å²) in [4.78, 5) is 30.2. The molecule has 7 nitrogen and oxygen atoms in total. The summed E-state index contributed by atoms with van der Waals surface area (Å²) >= 11 is 6.30. The zero-order valence-corrected chi connectivity index (χ0v) is 26.9. The minimum Gasteiger partial charge on any atom is -0.352 e. The molecule has 0 heterocycles. The van der Waals surface area contributed by atoms with Crippen molar-refractivity contribution >= 4 is 39.1 Å². The first-order valence-electron chi connectivity index (χ1n) is 15.2. The standard InChI is InChI=1S/C36H38ClN3O4S/c1-27-19-21-29(22-20-27)25-39(34(23-28-11-4-2-5-12-28)36(42)38-31-14-8-9-15-31)35(41)26-40(32-16-10-13-30(37)24-32)45(43,44)33-17-6-3-7-18-33/h2-7,10-13,16-22,24,31,34H,8-9,14-15,23,25-26H2,1H3,(H,38,42)/t34-/m0/s1. The van der Waals surface area contributed by atoms with Crippen LogP contribution in [0.4, 0.5) is 5.69 Å². The highest BCUT2D eigenvalue weighted by atomic mass is 35.5. The molecule has 1 saturated carbocycles. The molecule has 0 bridgehead atoms. The lowest BCUT2D eigenvalue weighted by Gasteiger charge is -2.34. The monoisotopic (exact) mass is 643 g/mol. The Labute approximate surface area is 270 Å². The topological polar surface area (TPSA) is 86.8 Å². The maximum atomic E-state index is 14.5. The van der Waals surface area contributed by atoms with Crippen molar-refractivity contribution in [3.05, 3.63) is 131 Å². The quantitative estimate of drug-likeness (QED) is 0.190. The van der Waals surface area contributed by atoms with Gasteiger partial charge in [0.05, 0.1) is 10.6 Å². The SMILES string of the molecule is Cc1ccc(CN(C(=O)CN(c2cccc(Cl)c2)S(=O)(=O)c2ccccc2)[C@@H](Cc2ccccc2)C(=O)NC2CCCC2)cc1. The molecule has 0 spiro atoms. The smallest absolute Gasteiger partial charge is 0.264 e. The average molecular weight is 644 g/mol. The third-order valence-electron chi connectivity index (χ3n) is 8.15. The lowest BCUT2D eigenvalue weighted by atomic mass is 10.0. The van der Waals surface area contributed by atoms with Gasteiger partial charge in [-0.3, -0.25) is 13.9 Å². The predicted octanol–water partition coefficient (Wildman–Crippen LogP) is 6.54. The number of sulfonamides is 1. The first-order chi connectivity index (χ1) is 21.7. The van der Waals surface area contributed by atoms with Crippen molar-refractivity contribution < 1.29 is 18.0 Å². The molecule has 1 aliphatic carbocycles. The molecule has 0 radical (unpaired) electrons. The summed E-state index contributed by atoms with van der Waals surface area (Å²) < 4.78 is 29.2. The molecule has 0 unspecified atom stereocenters. The van der Waals surface area contributed by atoms with Crippen molar-refractivity contribution in [2.75, 3.05) is 10.8 Å². The first-order valence-corrected chi connectivity index (χ1v) is 17.1. The Hall–Kier alpha value is -4.14. The highest BCUT2D eigenvalue weighted by Crippen LogP contribution is 2.27. The van der Waals surface area contributed by atoms with E-state index < -0.39 is 28.5 Å². The zero-order valence-electron chi connectivity index (χ0n) is 25.3. The van der Waals surface area contributed by atoms with E-state index in [1.165, 1.54) is 23.1 Å². The molecule has 0 aromatic heterocycles. The number of benzene rings is 4. The van der Waals surface area contributed by atoms with Gasteiger partial charge in [0.15, 0.2) is 0 Å². The second-order valence-corrected chi connectivity index (χ2v) is 13.8. The van der Waals surface area contributed by atoms with Gasteiger partial charge in [-0.1, -0.05) is 109 Å². The number of anilines is 1. The molecular formula is C36H38ClN3O4S. The van der Waals surface area contributed by atoms with Gasteiger partial charge in [-0.15, -0.1) is 0 Å². The average Bonchev–Trinajstić information content (AvgIpc) is 3.56. The summed E-state index contributed by atoms with van der Waals surface area (Å²) in [7, 11) is -4.17. The normalized spacial score (nSPS) is 14.1. The summed E-state index contributed by atoms with van der Waals surface area (Å²) in [5.41, 5.74) is 3.05. The molecule has 9 heteroatoms. The summed E-state index contributed by atoms with van der Waals surface area (Å²) in [5.74, 6) is -0.746. The summed E-state index contributed by atoms with van der Waals surface area (Å²) in [6.07, 6.45) is 4.17.